The van der Waals surface area contributed by atoms with E-state index in [1.54, 1.807) is 0 Å². The van der Waals surface area contributed by atoms with Crippen molar-refractivity contribution in [2.24, 2.45) is 0 Å². The minimum absolute atomic E-state index is 0.321. The number of hydrogen-bond acceptors (Lipinski definition) is 3. The van der Waals surface area contributed by atoms with Crippen LogP contribution < -0.4 is 10.2 Å². The van der Waals surface area contributed by atoms with E-state index in [9.17, 15) is 0 Å². The molecule has 4 heteroatoms. The normalized spacial score (nSPS) is 12.7. The molecule has 0 saturated heterocycles. The zero-order valence-electron chi connectivity index (χ0n) is 13.1. The predicted octanol–water partition coefficient (Wildman–Crippen LogP) is 5.21. The van der Waals surface area contributed by atoms with Gasteiger partial charge in [0.25, 0.3) is 0 Å². The molecule has 114 valence electrons. The van der Waals surface area contributed by atoms with Crippen LogP contribution >= 0.6 is 27.3 Å². The molecule has 0 aliphatic heterocycles. The Morgan fingerprint density at radius 3 is 2.57 bits per heavy atom. The van der Waals surface area contributed by atoms with Crippen molar-refractivity contribution in [1.82, 2.24) is 5.32 Å². The summed E-state index contributed by atoms with van der Waals surface area (Å²) in [5.41, 5.74) is 2.64. The van der Waals surface area contributed by atoms with Crippen molar-refractivity contribution in [3.8, 4) is 0 Å². The standard InChI is InChI=1S/C17H23BrN2S/c1-12(2)20(11-15-6-5-9-21-15)17-8-7-14(18)10-16(17)13(3)19-4/h5-10,12-13,19H,11H2,1-4H3. The van der Waals surface area contributed by atoms with Crippen molar-refractivity contribution in [2.45, 2.75) is 39.4 Å². The van der Waals surface area contributed by atoms with Gasteiger partial charge in [-0.05, 0) is 63.0 Å². The fourth-order valence-corrected chi connectivity index (χ4v) is 3.49. The minimum Gasteiger partial charge on any atom is -0.364 e. The van der Waals surface area contributed by atoms with Crippen molar-refractivity contribution in [1.29, 1.82) is 0 Å². The van der Waals surface area contributed by atoms with Gasteiger partial charge in [0.05, 0.1) is 6.54 Å². The molecule has 1 N–H and O–H groups in total. The first-order chi connectivity index (χ1) is 10.0. The molecule has 0 fully saturated rings. The number of benzene rings is 1. The van der Waals surface area contributed by atoms with Crippen LogP contribution in [0.5, 0.6) is 0 Å². The highest BCUT2D eigenvalue weighted by Crippen LogP contribution is 2.32. The fraction of sp³-hybridized carbons (Fsp3) is 0.412. The highest BCUT2D eigenvalue weighted by molar-refractivity contribution is 9.10. The van der Waals surface area contributed by atoms with E-state index in [-0.39, 0.29) is 0 Å². The Morgan fingerprint density at radius 1 is 1.24 bits per heavy atom. The summed E-state index contributed by atoms with van der Waals surface area (Å²) < 4.78 is 1.13. The van der Waals surface area contributed by atoms with E-state index in [1.807, 2.05) is 18.4 Å². The second-order valence-corrected chi connectivity index (χ2v) is 7.46. The first-order valence-electron chi connectivity index (χ1n) is 7.28. The van der Waals surface area contributed by atoms with Gasteiger partial charge in [-0.15, -0.1) is 11.3 Å². The summed E-state index contributed by atoms with van der Waals surface area (Å²) in [4.78, 5) is 3.87. The third kappa shape index (κ3) is 4.09. The minimum atomic E-state index is 0.321. The van der Waals surface area contributed by atoms with Gasteiger partial charge in [-0.2, -0.15) is 0 Å². The zero-order chi connectivity index (χ0) is 15.4. The molecule has 2 nitrogen and oxygen atoms in total. The van der Waals surface area contributed by atoms with Crippen LogP contribution in [0.4, 0.5) is 5.69 Å². The largest absolute Gasteiger partial charge is 0.364 e. The van der Waals surface area contributed by atoms with Gasteiger partial charge >= 0.3 is 0 Å². The maximum absolute atomic E-state index is 3.60. The predicted molar refractivity (Wildman–Crippen MR) is 97.3 cm³/mol. The topological polar surface area (TPSA) is 15.3 Å². The number of nitrogens with zero attached hydrogens (tertiary/aromatic N) is 1. The van der Waals surface area contributed by atoms with Crippen LogP contribution in [0.2, 0.25) is 0 Å². The van der Waals surface area contributed by atoms with Crippen LogP contribution in [-0.4, -0.2) is 13.1 Å². The van der Waals surface area contributed by atoms with Gasteiger partial charge in [-0.25, -0.2) is 0 Å². The van der Waals surface area contributed by atoms with Crippen molar-refractivity contribution < 1.29 is 0 Å². The first-order valence-corrected chi connectivity index (χ1v) is 8.96. The summed E-state index contributed by atoms with van der Waals surface area (Å²) in [6, 6.07) is 11.7. The molecule has 2 rings (SSSR count). The van der Waals surface area contributed by atoms with Gasteiger partial charge in [0.15, 0.2) is 0 Å². The Bertz CT molecular complexity index is 566. The maximum atomic E-state index is 3.60. The second kappa shape index (κ2) is 7.43. The number of nitrogens with one attached hydrogen (secondary N) is 1. The van der Waals surface area contributed by atoms with E-state index >= 15 is 0 Å². The summed E-state index contributed by atoms with van der Waals surface area (Å²) in [5.74, 6) is 0. The van der Waals surface area contributed by atoms with E-state index in [2.05, 4.69) is 82.6 Å². The summed E-state index contributed by atoms with van der Waals surface area (Å²) in [6.45, 7) is 7.67. The summed E-state index contributed by atoms with van der Waals surface area (Å²) in [5, 5.41) is 5.50. The van der Waals surface area contributed by atoms with Gasteiger partial charge in [-0.1, -0.05) is 22.0 Å². The molecule has 0 saturated carbocycles. The molecule has 1 heterocycles. The van der Waals surface area contributed by atoms with Crippen molar-refractivity contribution in [3.05, 3.63) is 50.6 Å². The van der Waals surface area contributed by atoms with Crippen molar-refractivity contribution in [2.75, 3.05) is 11.9 Å². The smallest absolute Gasteiger partial charge is 0.0525 e. The third-order valence-electron chi connectivity index (χ3n) is 3.73. The lowest BCUT2D eigenvalue weighted by atomic mass is 10.0. The second-order valence-electron chi connectivity index (χ2n) is 5.51. The Kier molecular flexibility index (Phi) is 5.85. The molecule has 0 radical (unpaired) electrons. The molecule has 1 aromatic heterocycles. The highest BCUT2D eigenvalue weighted by Gasteiger charge is 2.18. The summed E-state index contributed by atoms with van der Waals surface area (Å²) >= 11 is 5.42. The molecule has 1 atom stereocenters. The lowest BCUT2D eigenvalue weighted by Gasteiger charge is -2.32. The quantitative estimate of drug-likeness (QED) is 0.754. The Hall–Kier alpha value is -0.840. The average molecular weight is 367 g/mol. The van der Waals surface area contributed by atoms with E-state index < -0.39 is 0 Å². The molecule has 21 heavy (non-hydrogen) atoms. The molecule has 0 aliphatic carbocycles. The van der Waals surface area contributed by atoms with E-state index in [0.717, 1.165) is 11.0 Å². The molecule has 0 bridgehead atoms. The molecule has 1 unspecified atom stereocenters. The Balaban J connectivity index is 2.40. The number of halogens is 1. The Labute approximate surface area is 140 Å². The lowest BCUT2D eigenvalue weighted by Crippen LogP contribution is -2.31. The summed E-state index contributed by atoms with van der Waals surface area (Å²) in [6.07, 6.45) is 0. The van der Waals surface area contributed by atoms with Crippen molar-refractivity contribution >= 4 is 33.0 Å². The highest BCUT2D eigenvalue weighted by atomic mass is 79.9. The van der Waals surface area contributed by atoms with E-state index in [1.165, 1.54) is 16.1 Å². The van der Waals surface area contributed by atoms with Gasteiger partial charge in [0, 0.05) is 27.1 Å². The number of hydrogen-bond donors (Lipinski definition) is 1. The number of thiophene rings is 1. The first kappa shape index (κ1) is 16.5. The average Bonchev–Trinajstić information content (AvgIpc) is 2.97. The maximum Gasteiger partial charge on any atom is 0.0525 e. The number of rotatable bonds is 6. The van der Waals surface area contributed by atoms with E-state index in [4.69, 9.17) is 0 Å². The molecule has 0 spiro atoms. The summed E-state index contributed by atoms with van der Waals surface area (Å²) in [7, 11) is 2.01. The van der Waals surface area contributed by atoms with Crippen LogP contribution in [-0.2, 0) is 6.54 Å². The molecular formula is C17H23BrN2S. The van der Waals surface area contributed by atoms with Gasteiger partial charge in [0.1, 0.15) is 0 Å². The lowest BCUT2D eigenvalue weighted by molar-refractivity contribution is 0.632. The molecular weight excluding hydrogens is 344 g/mol. The van der Waals surface area contributed by atoms with Gasteiger partial charge < -0.3 is 10.2 Å². The zero-order valence-corrected chi connectivity index (χ0v) is 15.5. The van der Waals surface area contributed by atoms with Crippen LogP contribution in [0, 0.1) is 0 Å². The third-order valence-corrected chi connectivity index (χ3v) is 5.08. The molecule has 2 aromatic rings. The molecule has 0 amide bonds. The van der Waals surface area contributed by atoms with Gasteiger partial charge in [0.2, 0.25) is 0 Å². The monoisotopic (exact) mass is 366 g/mol. The van der Waals surface area contributed by atoms with E-state index in [0.29, 0.717) is 12.1 Å². The Morgan fingerprint density at radius 2 is 2.00 bits per heavy atom. The fourth-order valence-electron chi connectivity index (χ4n) is 2.41. The van der Waals surface area contributed by atoms with Crippen LogP contribution in [0.25, 0.3) is 0 Å². The molecule has 1 aromatic carbocycles. The van der Waals surface area contributed by atoms with Gasteiger partial charge in [-0.3, -0.25) is 0 Å². The van der Waals surface area contributed by atoms with Crippen molar-refractivity contribution in [3.63, 3.8) is 0 Å². The van der Waals surface area contributed by atoms with Crippen LogP contribution in [0.3, 0.4) is 0 Å². The SMILES string of the molecule is CNC(C)c1cc(Br)ccc1N(Cc1cccs1)C(C)C. The van der Waals surface area contributed by atoms with Crippen LogP contribution in [0.1, 0.15) is 37.3 Å². The molecule has 0 aliphatic rings. The number of anilines is 1. The van der Waals surface area contributed by atoms with Crippen LogP contribution in [0.15, 0.2) is 40.2 Å².